The van der Waals surface area contributed by atoms with Gasteiger partial charge in [-0.05, 0) is 68.4 Å². The molecule has 9 nitrogen and oxygen atoms in total. The summed E-state index contributed by atoms with van der Waals surface area (Å²) in [4.78, 5) is 13.6. The average molecular weight is 568 g/mol. The fourth-order valence-corrected chi connectivity index (χ4v) is 7.44. The fourth-order valence-electron chi connectivity index (χ4n) is 5.49. The van der Waals surface area contributed by atoms with E-state index < -0.39 is 13.4 Å². The van der Waals surface area contributed by atoms with Crippen LogP contribution in [0.5, 0.6) is 0 Å². The van der Waals surface area contributed by atoms with Gasteiger partial charge in [0.2, 0.25) is 0 Å². The highest BCUT2D eigenvalue weighted by molar-refractivity contribution is 7.54. The summed E-state index contributed by atoms with van der Waals surface area (Å²) in [6.07, 6.45) is 4.27. The summed E-state index contributed by atoms with van der Waals surface area (Å²) in [7, 11) is -3.53. The van der Waals surface area contributed by atoms with Gasteiger partial charge < -0.3 is 9.05 Å². The van der Waals surface area contributed by atoms with Crippen molar-refractivity contribution >= 4 is 24.4 Å². The lowest BCUT2D eigenvalue weighted by Gasteiger charge is -2.27. The normalized spacial score (nSPS) is 16.2. The van der Waals surface area contributed by atoms with Crippen molar-refractivity contribution in [3.63, 3.8) is 0 Å². The summed E-state index contributed by atoms with van der Waals surface area (Å²) in [6, 6.07) is 14.0. The minimum atomic E-state index is -3.53. The van der Waals surface area contributed by atoms with Crippen LogP contribution in [-0.2, 0) is 39.5 Å². The Morgan fingerprint density at radius 3 is 2.65 bits per heavy atom. The van der Waals surface area contributed by atoms with Crippen molar-refractivity contribution in [3.8, 4) is 0 Å². The minimum Gasteiger partial charge on any atom is -0.308 e. The zero-order chi connectivity index (χ0) is 28.3. The third-order valence-electron chi connectivity index (χ3n) is 7.23. The van der Waals surface area contributed by atoms with Crippen molar-refractivity contribution in [3.05, 3.63) is 83.1 Å². The fraction of sp³-hybridized carbons (Fsp3) is 0.414. The van der Waals surface area contributed by atoms with Gasteiger partial charge in [-0.1, -0.05) is 42.5 Å². The van der Waals surface area contributed by atoms with Crippen LogP contribution in [0.25, 0.3) is 10.9 Å². The number of nitrogens with zero attached hydrogens (tertiary/aromatic N) is 4. The molecule has 1 aliphatic carbocycles. The van der Waals surface area contributed by atoms with Crippen LogP contribution >= 0.6 is 7.60 Å². The highest BCUT2D eigenvalue weighted by atomic mass is 31.2. The van der Waals surface area contributed by atoms with Crippen LogP contribution in [0, 0.1) is 11.7 Å². The first-order valence-corrected chi connectivity index (χ1v) is 15.3. The SMILES string of the molecule is CCOP(=O)(OCC)C(NCc1cn(CC(=O)n2c3c(c4cc(F)ccc42)CC(C)CC3)nn1)c1ccccc1. The summed E-state index contributed by atoms with van der Waals surface area (Å²) in [6.45, 7) is 6.43. The molecular formula is C29H35FN5O4P. The van der Waals surface area contributed by atoms with Crippen molar-refractivity contribution in [1.29, 1.82) is 0 Å². The number of benzene rings is 2. The molecule has 0 aliphatic heterocycles. The van der Waals surface area contributed by atoms with Crippen LogP contribution in [0.1, 0.15) is 60.3 Å². The molecule has 40 heavy (non-hydrogen) atoms. The molecule has 0 saturated heterocycles. The van der Waals surface area contributed by atoms with Gasteiger partial charge in [0.15, 0.2) is 0 Å². The predicted molar refractivity (Wildman–Crippen MR) is 151 cm³/mol. The van der Waals surface area contributed by atoms with Crippen molar-refractivity contribution in [2.24, 2.45) is 5.92 Å². The lowest BCUT2D eigenvalue weighted by molar-refractivity contribution is 0.0887. The van der Waals surface area contributed by atoms with Crippen LogP contribution in [0.3, 0.4) is 0 Å². The first kappa shape index (κ1) is 28.4. The van der Waals surface area contributed by atoms with E-state index in [2.05, 4.69) is 22.6 Å². The number of rotatable bonds is 11. The molecule has 11 heteroatoms. The van der Waals surface area contributed by atoms with Crippen molar-refractivity contribution < 1.29 is 22.8 Å². The average Bonchev–Trinajstić information content (AvgIpc) is 3.51. The molecule has 212 valence electrons. The zero-order valence-electron chi connectivity index (χ0n) is 23.0. The van der Waals surface area contributed by atoms with E-state index in [-0.39, 0.29) is 38.0 Å². The van der Waals surface area contributed by atoms with E-state index in [1.54, 1.807) is 30.7 Å². The van der Waals surface area contributed by atoms with Gasteiger partial charge in [-0.2, -0.15) is 0 Å². The molecule has 5 rings (SSSR count). The lowest BCUT2D eigenvalue weighted by Crippen LogP contribution is -2.23. The zero-order valence-corrected chi connectivity index (χ0v) is 23.9. The predicted octanol–water partition coefficient (Wildman–Crippen LogP) is 5.89. The number of hydrogen-bond acceptors (Lipinski definition) is 7. The van der Waals surface area contributed by atoms with Crippen molar-refractivity contribution in [2.45, 2.75) is 58.9 Å². The topological polar surface area (TPSA) is 100 Å². The quantitative estimate of drug-likeness (QED) is 0.226. The number of nitrogens with one attached hydrogen (secondary N) is 1. The Morgan fingerprint density at radius 2 is 1.93 bits per heavy atom. The number of carbonyl (C=O) groups is 1. The summed E-state index contributed by atoms with van der Waals surface area (Å²) < 4.78 is 42.2. The number of halogens is 1. The number of hydrogen-bond donors (Lipinski definition) is 1. The van der Waals surface area contributed by atoms with E-state index in [0.29, 0.717) is 11.6 Å². The third kappa shape index (κ3) is 5.81. The minimum absolute atomic E-state index is 0.0192. The first-order valence-electron chi connectivity index (χ1n) is 13.7. The van der Waals surface area contributed by atoms with Crippen LogP contribution in [0.4, 0.5) is 4.39 Å². The van der Waals surface area contributed by atoms with E-state index in [1.807, 2.05) is 30.3 Å². The first-order chi connectivity index (χ1) is 19.3. The monoisotopic (exact) mass is 567 g/mol. The number of aromatic nitrogens is 4. The Hall–Kier alpha value is -3.17. The van der Waals surface area contributed by atoms with E-state index >= 15 is 0 Å². The van der Waals surface area contributed by atoms with Gasteiger partial charge in [0.05, 0.1) is 30.6 Å². The molecule has 2 atom stereocenters. The number of fused-ring (bicyclic) bond motifs is 3. The molecule has 2 unspecified atom stereocenters. The van der Waals surface area contributed by atoms with E-state index in [0.717, 1.165) is 47.0 Å². The van der Waals surface area contributed by atoms with Crippen molar-refractivity contribution in [1.82, 2.24) is 24.9 Å². The van der Waals surface area contributed by atoms with E-state index in [1.165, 1.54) is 16.8 Å². The second kappa shape index (κ2) is 12.1. The summed E-state index contributed by atoms with van der Waals surface area (Å²) in [5, 5.41) is 12.5. The molecule has 0 bridgehead atoms. The van der Waals surface area contributed by atoms with Gasteiger partial charge in [-0.15, -0.1) is 5.10 Å². The van der Waals surface area contributed by atoms with Gasteiger partial charge in [0.25, 0.3) is 5.91 Å². The molecule has 0 saturated carbocycles. The number of carbonyl (C=O) groups excluding carboxylic acids is 1. The van der Waals surface area contributed by atoms with Gasteiger partial charge >= 0.3 is 7.60 Å². The Kier molecular flexibility index (Phi) is 8.61. The third-order valence-corrected chi connectivity index (χ3v) is 9.58. The largest absolute Gasteiger partial charge is 0.351 e. The summed E-state index contributed by atoms with van der Waals surface area (Å²) >= 11 is 0. The Morgan fingerprint density at radius 1 is 1.18 bits per heavy atom. The molecule has 1 N–H and O–H groups in total. The molecule has 0 amide bonds. The van der Waals surface area contributed by atoms with Crippen LogP contribution in [-0.4, -0.2) is 38.7 Å². The molecule has 2 aromatic carbocycles. The Balaban J connectivity index is 1.35. The standard InChI is InChI=1S/C29H35FN5O4P/c1-4-38-40(37,39-5-2)29(21-9-7-6-8-10-21)31-17-23-18-34(33-32-23)19-28(36)35-26-13-11-20(3)15-24(26)25-16-22(30)12-14-27(25)35/h6-10,12,14,16,18,20,29,31H,4-5,11,13,15,17,19H2,1-3H3. The maximum atomic E-state index is 14.1. The van der Waals surface area contributed by atoms with E-state index in [9.17, 15) is 13.8 Å². The lowest BCUT2D eigenvalue weighted by atomic mass is 9.87. The smallest absolute Gasteiger partial charge is 0.308 e. The second-order valence-electron chi connectivity index (χ2n) is 10.1. The highest BCUT2D eigenvalue weighted by Crippen LogP contribution is 2.59. The van der Waals surface area contributed by atoms with Gasteiger partial charge in [-0.3, -0.25) is 19.2 Å². The molecule has 2 aromatic heterocycles. The molecule has 0 radical (unpaired) electrons. The van der Waals surface area contributed by atoms with E-state index in [4.69, 9.17) is 9.05 Å². The molecular weight excluding hydrogens is 532 g/mol. The highest BCUT2D eigenvalue weighted by Gasteiger charge is 2.36. The van der Waals surface area contributed by atoms with Crippen LogP contribution < -0.4 is 5.32 Å². The maximum Gasteiger partial charge on any atom is 0.351 e. The maximum absolute atomic E-state index is 14.1. The Bertz CT molecular complexity index is 1530. The molecule has 2 heterocycles. The van der Waals surface area contributed by atoms with Gasteiger partial charge in [0, 0.05) is 17.6 Å². The second-order valence-corrected chi connectivity index (χ2v) is 12.3. The Labute approximate surface area is 233 Å². The van der Waals surface area contributed by atoms with Crippen molar-refractivity contribution in [2.75, 3.05) is 13.2 Å². The van der Waals surface area contributed by atoms with Gasteiger partial charge in [0.1, 0.15) is 18.1 Å². The summed E-state index contributed by atoms with van der Waals surface area (Å²) in [5.41, 5.74) is 4.08. The summed E-state index contributed by atoms with van der Waals surface area (Å²) in [5.74, 6) is -0.688. The van der Waals surface area contributed by atoms with Crippen LogP contribution in [0.2, 0.25) is 0 Å². The molecule has 0 spiro atoms. The molecule has 1 aliphatic rings. The van der Waals surface area contributed by atoms with Crippen LogP contribution in [0.15, 0.2) is 54.7 Å². The molecule has 4 aromatic rings. The molecule has 0 fully saturated rings. The van der Waals surface area contributed by atoms with Gasteiger partial charge in [-0.25, -0.2) is 9.07 Å².